The number of ether oxygens (including phenoxy) is 3. The number of fused-ring (bicyclic) bond motifs is 2. The molecular weight excluding hydrogens is 996 g/mol. The molecule has 0 aromatic heterocycles. The summed E-state index contributed by atoms with van der Waals surface area (Å²) in [5.41, 5.74) is 1.29. The smallest absolute Gasteiger partial charge is 1.00 e. The van der Waals surface area contributed by atoms with Crippen molar-refractivity contribution >= 4 is 108 Å². The van der Waals surface area contributed by atoms with Gasteiger partial charge < -0.3 is 30.3 Å². The zero-order chi connectivity index (χ0) is 39.6. The summed E-state index contributed by atoms with van der Waals surface area (Å²) in [5, 5.41) is 0. The van der Waals surface area contributed by atoms with Crippen LogP contribution in [0.15, 0.2) is 55.1 Å². The Hall–Kier alpha value is -0.530. The Morgan fingerprint density at radius 1 is 0.818 bits per heavy atom. The van der Waals surface area contributed by atoms with Gasteiger partial charge in [-0.15, -0.1) is 23.5 Å². The maximum absolute atomic E-state index is 12.3. The number of amides is 3. The molecule has 5 aliphatic rings. The van der Waals surface area contributed by atoms with Crippen LogP contribution in [-0.2, 0) is 30.2 Å². The van der Waals surface area contributed by atoms with Crippen LogP contribution in [0.4, 0.5) is 15.3 Å². The first-order chi connectivity index (χ1) is 25.4. The Balaban J connectivity index is 0.000000287. The van der Waals surface area contributed by atoms with Gasteiger partial charge in [0.05, 0.1) is 17.2 Å². The Morgan fingerprint density at radius 2 is 1.33 bits per heavy atom. The maximum atomic E-state index is 12.3. The van der Waals surface area contributed by atoms with Crippen molar-refractivity contribution in [1.29, 1.82) is 0 Å². The number of Topliss-reactive ketones (excluding diaryl/α,β-unsaturated/α-hetero) is 1. The number of thioether (sulfide) groups is 2. The van der Waals surface area contributed by atoms with Gasteiger partial charge in [0.25, 0.3) is 0 Å². The molecule has 0 bridgehead atoms. The maximum Gasteiger partial charge on any atom is 1.00 e. The van der Waals surface area contributed by atoms with Crippen LogP contribution >= 0.6 is 78.0 Å². The van der Waals surface area contributed by atoms with Crippen molar-refractivity contribution in [3.05, 3.63) is 50.9 Å². The van der Waals surface area contributed by atoms with E-state index in [9.17, 15) is 19.2 Å². The van der Waals surface area contributed by atoms with Gasteiger partial charge in [0, 0.05) is 87.4 Å². The topological polar surface area (TPSA) is 106 Å². The van der Waals surface area contributed by atoms with Crippen molar-refractivity contribution in [3.8, 4) is 0 Å². The Labute approximate surface area is 389 Å². The number of likely N-dealkylation sites (tertiary alicyclic amines) is 2. The van der Waals surface area contributed by atoms with E-state index in [1.165, 1.54) is 23.3 Å². The molecule has 2 aromatic rings. The quantitative estimate of drug-likeness (QED) is 0.191. The fraction of sp³-hybridized carbons (Fsp3) is 0.590. The molecule has 16 heteroatoms. The van der Waals surface area contributed by atoms with E-state index in [4.69, 9.17) is 14.2 Å². The minimum atomic E-state index is -0.478. The Kier molecular flexibility index (Phi) is 20.2. The third-order valence-electron chi connectivity index (χ3n) is 8.37. The number of benzene rings is 2. The second-order valence-electron chi connectivity index (χ2n) is 15.6. The average Bonchev–Trinajstić information content (AvgIpc) is 3.63. The molecule has 3 saturated heterocycles. The van der Waals surface area contributed by atoms with Gasteiger partial charge in [0.15, 0.2) is 0 Å². The largest absolute Gasteiger partial charge is 1.00 e. The summed E-state index contributed by atoms with van der Waals surface area (Å²) in [4.78, 5) is 54.5. The van der Waals surface area contributed by atoms with Crippen LogP contribution in [0.1, 0.15) is 61.4 Å². The fourth-order valence-electron chi connectivity index (χ4n) is 5.68. The SMILES string of the molecule is C1CCOC1.CC(C)(C)OC(=O)N1CC(CI)C1.CC(C)(C)OC(=O)N1CC(CN2C(=O)CSc3cc(Br)ccc32)C1.O=C1CSc2cc(Br)ccc2C1.[H-].[Na+]. The van der Waals surface area contributed by atoms with Gasteiger partial charge in [0.1, 0.15) is 17.0 Å². The number of rotatable bonds is 3. The summed E-state index contributed by atoms with van der Waals surface area (Å²) in [5.74, 6) is 2.52. The number of carbonyl (C=O) groups excluding carboxylic acids is 4. The van der Waals surface area contributed by atoms with Crippen LogP contribution in [0.5, 0.6) is 0 Å². The second kappa shape index (κ2) is 22.7. The van der Waals surface area contributed by atoms with Crippen molar-refractivity contribution in [3.63, 3.8) is 0 Å². The molecule has 300 valence electrons. The molecule has 55 heavy (non-hydrogen) atoms. The molecule has 0 radical (unpaired) electrons. The van der Waals surface area contributed by atoms with Crippen LogP contribution < -0.4 is 34.5 Å². The third-order valence-corrected chi connectivity index (χ3v) is 12.8. The summed E-state index contributed by atoms with van der Waals surface area (Å²) >= 11 is 12.4. The molecular formula is C39H53Br2IN3NaO7S2. The Bertz CT molecular complexity index is 1630. The van der Waals surface area contributed by atoms with Crippen LogP contribution in [0, 0.1) is 11.8 Å². The molecule has 0 saturated carbocycles. The molecule has 0 atom stereocenters. The van der Waals surface area contributed by atoms with Crippen LogP contribution in [-0.4, -0.2) is 107 Å². The summed E-state index contributed by atoms with van der Waals surface area (Å²) in [7, 11) is 0. The van der Waals surface area contributed by atoms with E-state index in [0.29, 0.717) is 55.2 Å². The van der Waals surface area contributed by atoms with Crippen LogP contribution in [0.25, 0.3) is 0 Å². The molecule has 3 amide bonds. The molecule has 0 unspecified atom stereocenters. The van der Waals surface area contributed by atoms with Gasteiger partial charge >= 0.3 is 41.7 Å². The van der Waals surface area contributed by atoms with Crippen molar-refractivity contribution in [2.45, 2.75) is 81.8 Å². The first-order valence-electron chi connectivity index (χ1n) is 18.2. The predicted octanol–water partition coefficient (Wildman–Crippen LogP) is 6.62. The molecule has 0 N–H and O–H groups in total. The number of alkyl halides is 1. The van der Waals surface area contributed by atoms with Crippen molar-refractivity contribution in [1.82, 2.24) is 9.80 Å². The first kappa shape index (κ1) is 48.8. The van der Waals surface area contributed by atoms with E-state index in [-0.39, 0.29) is 54.7 Å². The first-order valence-corrected chi connectivity index (χ1v) is 23.2. The van der Waals surface area contributed by atoms with E-state index in [1.807, 2.05) is 76.8 Å². The van der Waals surface area contributed by atoms with Crippen molar-refractivity contribution < 1.29 is 64.4 Å². The van der Waals surface area contributed by atoms with Crippen molar-refractivity contribution in [2.24, 2.45) is 11.8 Å². The van der Waals surface area contributed by atoms with Gasteiger partial charge in [-0.25, -0.2) is 9.59 Å². The monoisotopic (exact) mass is 1050 g/mol. The normalized spacial score (nSPS) is 17.9. The molecule has 7 rings (SSSR count). The van der Waals surface area contributed by atoms with Gasteiger partial charge in [-0.1, -0.05) is 60.5 Å². The van der Waals surface area contributed by atoms with E-state index < -0.39 is 5.60 Å². The second-order valence-corrected chi connectivity index (χ2v) is 20.4. The summed E-state index contributed by atoms with van der Waals surface area (Å²) in [6, 6.07) is 12.1. The fourth-order valence-corrected chi connectivity index (χ4v) is 9.19. The standard InChI is InChI=1S/C17H21BrN2O3S.C9H7BrOS.C9H16INO2.C4H8O.Na.H/c1-17(2,3)23-16(22)19-7-11(8-19)9-20-13-5-4-12(18)6-14(13)24-10-15(20)21;10-7-2-1-6-3-8(11)5-12-9(6)4-7;1-9(2,3)13-8(12)11-5-7(4-10)6-11;1-2-4-5-3-1;;/h4-6,11H,7-10H2,1-3H3;1-2,4H,3,5H2;7H,4-6H2,1-3H3;1-4H2;;/q;;;;+1;-1. The summed E-state index contributed by atoms with van der Waals surface area (Å²) < 4.78 is 18.8. The number of carbonyl (C=O) groups is 4. The summed E-state index contributed by atoms with van der Waals surface area (Å²) in [6.45, 7) is 16.9. The molecule has 3 fully saturated rings. The molecule has 0 aliphatic carbocycles. The van der Waals surface area contributed by atoms with Crippen molar-refractivity contribution in [2.75, 3.05) is 66.8 Å². The van der Waals surface area contributed by atoms with Gasteiger partial charge in [-0.2, -0.15) is 0 Å². The van der Waals surface area contributed by atoms with E-state index in [0.717, 1.165) is 50.3 Å². The minimum Gasteiger partial charge on any atom is -1.00 e. The molecule has 10 nitrogen and oxygen atoms in total. The Morgan fingerprint density at radius 3 is 1.84 bits per heavy atom. The number of anilines is 1. The average molecular weight is 1050 g/mol. The van der Waals surface area contributed by atoms with E-state index in [1.54, 1.807) is 33.3 Å². The molecule has 5 aliphatic heterocycles. The predicted molar refractivity (Wildman–Crippen MR) is 233 cm³/mol. The number of nitrogens with zero attached hydrogens (tertiary/aromatic N) is 3. The van der Waals surface area contributed by atoms with Crippen LogP contribution in [0.2, 0.25) is 0 Å². The zero-order valence-electron chi connectivity index (χ0n) is 34.0. The summed E-state index contributed by atoms with van der Waals surface area (Å²) in [6.07, 6.45) is 2.72. The number of halogens is 3. The van der Waals surface area contributed by atoms with E-state index in [2.05, 4.69) is 60.5 Å². The van der Waals surface area contributed by atoms with Gasteiger partial charge in [0.2, 0.25) is 5.91 Å². The minimum absolute atomic E-state index is 0. The zero-order valence-corrected chi connectivity index (χ0v) is 41.9. The van der Waals surface area contributed by atoms with Crippen LogP contribution in [0.3, 0.4) is 0 Å². The van der Waals surface area contributed by atoms with E-state index >= 15 is 0 Å². The molecule has 2 aromatic carbocycles. The molecule has 5 heterocycles. The van der Waals surface area contributed by atoms with Gasteiger partial charge in [-0.3, -0.25) is 9.59 Å². The number of ketones is 1. The molecule has 0 spiro atoms. The third kappa shape index (κ3) is 16.6. The number of hydrogen-bond donors (Lipinski definition) is 0. The van der Waals surface area contributed by atoms with Gasteiger partial charge in [-0.05, 0) is 90.3 Å². The number of hydrogen-bond acceptors (Lipinski definition) is 9.